The summed E-state index contributed by atoms with van der Waals surface area (Å²) in [5.41, 5.74) is 0. The van der Waals surface area contributed by atoms with Crippen LogP contribution in [0.25, 0.3) is 0 Å². The lowest BCUT2D eigenvalue weighted by Gasteiger charge is -2.31. The molecule has 1 saturated heterocycles. The van der Waals surface area contributed by atoms with Gasteiger partial charge >= 0.3 is 6.03 Å². The normalized spacial score (nSPS) is 18.4. The standard InChI is InChI=1S/C13H21N5O2/c1-3-20-12-9-15-11(8-16-12)17-13(19)18(2)10-5-4-6-14-7-10/h8-10,14H,3-7H2,1-2H3,(H,15,17,19)/t10-/m1/s1. The predicted octanol–water partition coefficient (Wildman–Crippen LogP) is 1.09. The summed E-state index contributed by atoms with van der Waals surface area (Å²) in [4.78, 5) is 22.0. The second-order valence-electron chi connectivity index (χ2n) is 4.71. The number of ether oxygens (including phenoxy) is 1. The van der Waals surface area contributed by atoms with E-state index in [1.54, 1.807) is 11.9 Å². The molecule has 0 aromatic carbocycles. The van der Waals surface area contributed by atoms with E-state index in [0.29, 0.717) is 18.3 Å². The van der Waals surface area contributed by atoms with Crippen molar-refractivity contribution >= 4 is 11.8 Å². The molecule has 110 valence electrons. The number of urea groups is 1. The molecule has 0 aliphatic carbocycles. The van der Waals surface area contributed by atoms with Crippen molar-refractivity contribution in [3.63, 3.8) is 0 Å². The molecule has 20 heavy (non-hydrogen) atoms. The lowest BCUT2D eigenvalue weighted by molar-refractivity contribution is 0.191. The SMILES string of the molecule is CCOc1cnc(NC(=O)N(C)[C@@H]2CCCNC2)cn1. The second kappa shape index (κ2) is 7.04. The minimum absolute atomic E-state index is 0.169. The minimum Gasteiger partial charge on any atom is -0.477 e. The van der Waals surface area contributed by atoms with E-state index in [9.17, 15) is 4.79 Å². The number of amides is 2. The fourth-order valence-electron chi connectivity index (χ4n) is 2.13. The van der Waals surface area contributed by atoms with Gasteiger partial charge in [-0.1, -0.05) is 0 Å². The van der Waals surface area contributed by atoms with E-state index >= 15 is 0 Å². The van der Waals surface area contributed by atoms with Gasteiger partial charge in [0.25, 0.3) is 0 Å². The van der Waals surface area contributed by atoms with Crippen LogP contribution in [0.5, 0.6) is 5.88 Å². The largest absolute Gasteiger partial charge is 0.477 e. The van der Waals surface area contributed by atoms with Crippen molar-refractivity contribution in [2.24, 2.45) is 0 Å². The Balaban J connectivity index is 1.89. The van der Waals surface area contributed by atoms with Crippen molar-refractivity contribution in [3.8, 4) is 5.88 Å². The van der Waals surface area contributed by atoms with Crippen LogP contribution < -0.4 is 15.4 Å². The quantitative estimate of drug-likeness (QED) is 0.862. The Bertz CT molecular complexity index is 431. The molecule has 0 spiro atoms. The molecule has 1 aliphatic heterocycles. The summed E-state index contributed by atoms with van der Waals surface area (Å²) in [6, 6.07) is 0.0524. The van der Waals surface area contributed by atoms with Gasteiger partial charge in [-0.05, 0) is 26.3 Å². The van der Waals surface area contributed by atoms with Crippen LogP contribution in [0.15, 0.2) is 12.4 Å². The Morgan fingerprint density at radius 3 is 3.00 bits per heavy atom. The van der Waals surface area contributed by atoms with E-state index in [1.807, 2.05) is 6.92 Å². The molecule has 2 amide bonds. The number of hydrogen-bond donors (Lipinski definition) is 2. The maximum atomic E-state index is 12.1. The van der Waals surface area contributed by atoms with Gasteiger partial charge in [0.2, 0.25) is 5.88 Å². The van der Waals surface area contributed by atoms with Crippen LogP contribution in [-0.2, 0) is 0 Å². The van der Waals surface area contributed by atoms with Gasteiger partial charge in [-0.25, -0.2) is 14.8 Å². The summed E-state index contributed by atoms with van der Waals surface area (Å²) in [5, 5.41) is 6.03. The molecular weight excluding hydrogens is 258 g/mol. The van der Waals surface area contributed by atoms with Crippen LogP contribution in [-0.4, -0.2) is 53.7 Å². The molecule has 7 heteroatoms. The molecule has 0 unspecified atom stereocenters. The van der Waals surface area contributed by atoms with E-state index in [2.05, 4.69) is 20.6 Å². The molecule has 7 nitrogen and oxygen atoms in total. The molecule has 1 fully saturated rings. The molecule has 1 aromatic rings. The van der Waals surface area contributed by atoms with Crippen molar-refractivity contribution in [2.75, 3.05) is 32.1 Å². The van der Waals surface area contributed by atoms with Gasteiger partial charge in [0.15, 0.2) is 5.82 Å². The molecule has 0 saturated carbocycles. The Morgan fingerprint density at radius 1 is 1.55 bits per heavy atom. The van der Waals surface area contributed by atoms with Gasteiger partial charge in [0.05, 0.1) is 19.0 Å². The number of piperidine rings is 1. The highest BCUT2D eigenvalue weighted by molar-refractivity contribution is 5.88. The third kappa shape index (κ3) is 3.80. The van der Waals surface area contributed by atoms with Crippen LogP contribution in [0.2, 0.25) is 0 Å². The van der Waals surface area contributed by atoms with Crippen LogP contribution in [0.4, 0.5) is 10.6 Å². The lowest BCUT2D eigenvalue weighted by atomic mass is 10.1. The van der Waals surface area contributed by atoms with Crippen molar-refractivity contribution < 1.29 is 9.53 Å². The fourth-order valence-corrected chi connectivity index (χ4v) is 2.13. The number of nitrogens with zero attached hydrogens (tertiary/aromatic N) is 3. The van der Waals surface area contributed by atoms with Gasteiger partial charge in [-0.2, -0.15) is 0 Å². The number of anilines is 1. The number of hydrogen-bond acceptors (Lipinski definition) is 5. The van der Waals surface area contributed by atoms with Gasteiger partial charge < -0.3 is 15.0 Å². The molecule has 1 atom stereocenters. The highest BCUT2D eigenvalue weighted by Gasteiger charge is 2.22. The topological polar surface area (TPSA) is 79.4 Å². The Labute approximate surface area is 118 Å². The van der Waals surface area contributed by atoms with Gasteiger partial charge in [0, 0.05) is 19.6 Å². The summed E-state index contributed by atoms with van der Waals surface area (Å²) in [5.74, 6) is 0.879. The van der Waals surface area contributed by atoms with E-state index in [1.165, 1.54) is 12.4 Å². The first-order chi connectivity index (χ1) is 9.70. The number of aromatic nitrogens is 2. The number of nitrogens with one attached hydrogen (secondary N) is 2. The Morgan fingerprint density at radius 2 is 2.40 bits per heavy atom. The molecule has 0 radical (unpaired) electrons. The average molecular weight is 279 g/mol. The van der Waals surface area contributed by atoms with Gasteiger partial charge in [-0.3, -0.25) is 5.32 Å². The van der Waals surface area contributed by atoms with E-state index in [-0.39, 0.29) is 12.1 Å². The first-order valence-corrected chi connectivity index (χ1v) is 6.90. The number of carbonyl (C=O) groups is 1. The van der Waals surface area contributed by atoms with E-state index < -0.39 is 0 Å². The molecule has 1 aliphatic rings. The highest BCUT2D eigenvalue weighted by atomic mass is 16.5. The molecule has 2 N–H and O–H groups in total. The summed E-state index contributed by atoms with van der Waals surface area (Å²) in [6.07, 6.45) is 5.11. The van der Waals surface area contributed by atoms with Crippen LogP contribution in [0.3, 0.4) is 0 Å². The smallest absolute Gasteiger partial charge is 0.323 e. The summed E-state index contributed by atoms with van der Waals surface area (Å²) < 4.78 is 5.20. The second-order valence-corrected chi connectivity index (χ2v) is 4.71. The molecular formula is C13H21N5O2. The summed E-state index contributed by atoms with van der Waals surface area (Å²) >= 11 is 0. The zero-order chi connectivity index (χ0) is 14.4. The van der Waals surface area contributed by atoms with Gasteiger partial charge in [-0.15, -0.1) is 0 Å². The highest BCUT2D eigenvalue weighted by Crippen LogP contribution is 2.11. The lowest BCUT2D eigenvalue weighted by Crippen LogP contribution is -2.48. The number of likely N-dealkylation sites (N-methyl/N-ethyl adjacent to an activating group) is 1. The maximum Gasteiger partial charge on any atom is 0.323 e. The summed E-state index contributed by atoms with van der Waals surface area (Å²) in [7, 11) is 1.80. The number of rotatable bonds is 4. The first kappa shape index (κ1) is 14.5. The van der Waals surface area contributed by atoms with Gasteiger partial charge in [0.1, 0.15) is 0 Å². The maximum absolute atomic E-state index is 12.1. The van der Waals surface area contributed by atoms with E-state index in [4.69, 9.17) is 4.74 Å². The predicted molar refractivity (Wildman–Crippen MR) is 75.9 cm³/mol. The Kier molecular flexibility index (Phi) is 5.11. The minimum atomic E-state index is -0.169. The third-order valence-electron chi connectivity index (χ3n) is 3.29. The van der Waals surface area contributed by atoms with Crippen molar-refractivity contribution in [1.82, 2.24) is 20.2 Å². The number of carbonyl (C=O) groups excluding carboxylic acids is 1. The zero-order valence-electron chi connectivity index (χ0n) is 11.9. The zero-order valence-corrected chi connectivity index (χ0v) is 11.9. The average Bonchev–Trinajstić information content (AvgIpc) is 2.49. The van der Waals surface area contributed by atoms with Crippen LogP contribution in [0.1, 0.15) is 19.8 Å². The van der Waals surface area contributed by atoms with Crippen molar-refractivity contribution in [1.29, 1.82) is 0 Å². The van der Waals surface area contributed by atoms with Crippen molar-refractivity contribution in [2.45, 2.75) is 25.8 Å². The fraction of sp³-hybridized carbons (Fsp3) is 0.615. The third-order valence-corrected chi connectivity index (χ3v) is 3.29. The summed E-state index contributed by atoms with van der Waals surface area (Å²) in [6.45, 7) is 4.28. The van der Waals surface area contributed by atoms with E-state index in [0.717, 1.165) is 25.9 Å². The molecule has 0 bridgehead atoms. The Hall–Kier alpha value is -1.89. The molecule has 2 heterocycles. The van der Waals surface area contributed by atoms with Crippen LogP contribution in [0, 0.1) is 0 Å². The first-order valence-electron chi connectivity index (χ1n) is 6.90. The van der Waals surface area contributed by atoms with Crippen molar-refractivity contribution in [3.05, 3.63) is 12.4 Å². The molecule has 2 rings (SSSR count). The molecule has 1 aromatic heterocycles. The monoisotopic (exact) mass is 279 g/mol. The van der Waals surface area contributed by atoms with Crippen LogP contribution >= 0.6 is 0 Å².